The van der Waals surface area contributed by atoms with Gasteiger partial charge in [-0.1, -0.05) is 0 Å². The van der Waals surface area contributed by atoms with E-state index < -0.39 is 0 Å². The molecule has 0 spiro atoms. The highest BCUT2D eigenvalue weighted by Crippen LogP contribution is 2.11. The molecule has 0 saturated carbocycles. The van der Waals surface area contributed by atoms with Crippen molar-refractivity contribution in [1.82, 2.24) is 10.3 Å². The van der Waals surface area contributed by atoms with Crippen molar-refractivity contribution < 1.29 is 4.79 Å². The summed E-state index contributed by atoms with van der Waals surface area (Å²) in [4.78, 5) is 15.1. The second kappa shape index (κ2) is 4.96. The molecule has 1 amide bonds. The lowest BCUT2D eigenvalue weighted by Gasteiger charge is -2.06. The fourth-order valence-electron chi connectivity index (χ4n) is 1.03. The molecule has 0 saturated heterocycles. The number of carbonyl (C=O) groups is 1. The third-order valence-corrected chi connectivity index (χ3v) is 1.85. The molecule has 5 heteroatoms. The van der Waals surface area contributed by atoms with Crippen molar-refractivity contribution in [3.8, 4) is 6.07 Å². The maximum Gasteiger partial charge on any atom is 0.239 e. The highest BCUT2D eigenvalue weighted by Gasteiger charge is 2.04. The molecule has 0 aromatic carbocycles. The van der Waals surface area contributed by atoms with Crippen LogP contribution in [0.5, 0.6) is 0 Å². The Morgan fingerprint density at radius 3 is 2.93 bits per heavy atom. The van der Waals surface area contributed by atoms with Gasteiger partial charge in [0.2, 0.25) is 5.91 Å². The number of carbonyl (C=O) groups excluding carboxylic acids is 1. The van der Waals surface area contributed by atoms with Crippen molar-refractivity contribution in [3.63, 3.8) is 0 Å². The predicted molar refractivity (Wildman–Crippen MR) is 56.2 cm³/mol. The second-order valence-corrected chi connectivity index (χ2v) is 2.99. The van der Waals surface area contributed by atoms with E-state index in [0.717, 1.165) is 5.69 Å². The van der Waals surface area contributed by atoms with E-state index in [4.69, 9.17) is 5.26 Å². The van der Waals surface area contributed by atoms with Crippen LogP contribution in [0.2, 0.25) is 0 Å². The van der Waals surface area contributed by atoms with Gasteiger partial charge in [0.05, 0.1) is 12.1 Å². The number of pyridine rings is 1. The molecule has 1 heterocycles. The summed E-state index contributed by atoms with van der Waals surface area (Å²) in [5.41, 5.74) is 1.23. The van der Waals surface area contributed by atoms with Crippen LogP contribution in [-0.4, -0.2) is 24.5 Å². The third-order valence-electron chi connectivity index (χ3n) is 1.85. The van der Waals surface area contributed by atoms with Crippen molar-refractivity contribution in [2.45, 2.75) is 6.92 Å². The standard InChI is InChI=1S/C10H12N4O/c1-7-3-4-8(5-11)10(14-7)13-6-9(15)12-2/h3-4H,6H2,1-2H3,(H,12,15)(H,13,14). The highest BCUT2D eigenvalue weighted by atomic mass is 16.1. The van der Waals surface area contributed by atoms with Gasteiger partial charge in [0.1, 0.15) is 11.9 Å². The molecule has 5 nitrogen and oxygen atoms in total. The maximum absolute atomic E-state index is 11.0. The number of hydrogen-bond acceptors (Lipinski definition) is 4. The van der Waals surface area contributed by atoms with Crippen LogP contribution in [0.1, 0.15) is 11.3 Å². The molecule has 0 aliphatic rings. The van der Waals surface area contributed by atoms with E-state index in [2.05, 4.69) is 15.6 Å². The summed E-state index contributed by atoms with van der Waals surface area (Å²) in [5.74, 6) is 0.295. The van der Waals surface area contributed by atoms with Gasteiger partial charge in [0, 0.05) is 12.7 Å². The minimum atomic E-state index is -0.151. The van der Waals surface area contributed by atoms with Crippen molar-refractivity contribution in [2.24, 2.45) is 0 Å². The monoisotopic (exact) mass is 204 g/mol. The number of nitriles is 1. The number of aryl methyl sites for hydroxylation is 1. The first kappa shape index (κ1) is 11.0. The molecular weight excluding hydrogens is 192 g/mol. The second-order valence-electron chi connectivity index (χ2n) is 2.99. The van der Waals surface area contributed by atoms with Gasteiger partial charge in [0.25, 0.3) is 0 Å². The van der Waals surface area contributed by atoms with E-state index in [1.54, 1.807) is 19.2 Å². The number of anilines is 1. The van der Waals surface area contributed by atoms with Crippen molar-refractivity contribution >= 4 is 11.7 Å². The van der Waals surface area contributed by atoms with E-state index in [0.29, 0.717) is 11.4 Å². The minimum Gasteiger partial charge on any atom is -0.360 e. The summed E-state index contributed by atoms with van der Waals surface area (Å²) in [6, 6.07) is 5.44. The van der Waals surface area contributed by atoms with Gasteiger partial charge in [-0.2, -0.15) is 5.26 Å². The van der Waals surface area contributed by atoms with Gasteiger partial charge < -0.3 is 10.6 Å². The Bertz CT molecular complexity index is 408. The van der Waals surface area contributed by atoms with Crippen molar-refractivity contribution in [3.05, 3.63) is 23.4 Å². The zero-order valence-corrected chi connectivity index (χ0v) is 8.66. The zero-order valence-electron chi connectivity index (χ0n) is 8.66. The lowest BCUT2D eigenvalue weighted by Crippen LogP contribution is -2.26. The number of amides is 1. The summed E-state index contributed by atoms with van der Waals surface area (Å²) < 4.78 is 0. The van der Waals surface area contributed by atoms with Crippen LogP contribution in [0.4, 0.5) is 5.82 Å². The van der Waals surface area contributed by atoms with Gasteiger partial charge in [-0.15, -0.1) is 0 Å². The predicted octanol–water partition coefficient (Wildman–Crippen LogP) is 0.420. The lowest BCUT2D eigenvalue weighted by atomic mass is 10.2. The highest BCUT2D eigenvalue weighted by molar-refractivity contribution is 5.80. The molecule has 0 fully saturated rings. The number of nitrogens with one attached hydrogen (secondary N) is 2. The van der Waals surface area contributed by atoms with Crippen LogP contribution in [0.15, 0.2) is 12.1 Å². The first-order valence-corrected chi connectivity index (χ1v) is 4.49. The summed E-state index contributed by atoms with van der Waals surface area (Å²) in [5, 5.41) is 14.1. The van der Waals surface area contributed by atoms with Crippen molar-refractivity contribution in [1.29, 1.82) is 5.26 Å². The minimum absolute atomic E-state index is 0.113. The Morgan fingerprint density at radius 1 is 1.60 bits per heavy atom. The van der Waals surface area contributed by atoms with E-state index in [1.807, 2.05) is 13.0 Å². The fraction of sp³-hybridized carbons (Fsp3) is 0.300. The first-order chi connectivity index (χ1) is 7.17. The van der Waals surface area contributed by atoms with E-state index in [1.165, 1.54) is 0 Å². The molecule has 0 atom stereocenters. The molecule has 0 bridgehead atoms. The Hall–Kier alpha value is -2.09. The quantitative estimate of drug-likeness (QED) is 0.748. The molecule has 0 aliphatic heterocycles. The van der Waals surface area contributed by atoms with Crippen LogP contribution >= 0.6 is 0 Å². The van der Waals surface area contributed by atoms with Crippen LogP contribution < -0.4 is 10.6 Å². The summed E-state index contributed by atoms with van der Waals surface area (Å²) >= 11 is 0. The van der Waals surface area contributed by atoms with Gasteiger partial charge in [-0.25, -0.2) is 4.98 Å². The molecule has 2 N–H and O–H groups in total. The van der Waals surface area contributed by atoms with Gasteiger partial charge >= 0.3 is 0 Å². The molecular formula is C10H12N4O. The summed E-state index contributed by atoms with van der Waals surface area (Å²) in [6.45, 7) is 1.94. The zero-order chi connectivity index (χ0) is 11.3. The molecule has 15 heavy (non-hydrogen) atoms. The number of nitrogens with zero attached hydrogens (tertiary/aromatic N) is 2. The Labute approximate surface area is 88.1 Å². The topological polar surface area (TPSA) is 77.8 Å². The first-order valence-electron chi connectivity index (χ1n) is 4.49. The third kappa shape index (κ3) is 2.95. The van der Waals surface area contributed by atoms with Crippen LogP contribution in [0.25, 0.3) is 0 Å². The average Bonchev–Trinajstić information content (AvgIpc) is 2.26. The Balaban J connectivity index is 2.80. The smallest absolute Gasteiger partial charge is 0.239 e. The molecule has 1 rings (SSSR count). The van der Waals surface area contributed by atoms with Crippen LogP contribution in [0, 0.1) is 18.3 Å². The average molecular weight is 204 g/mol. The maximum atomic E-state index is 11.0. The number of likely N-dealkylation sites (N-methyl/N-ethyl adjacent to an activating group) is 1. The Morgan fingerprint density at radius 2 is 2.33 bits per heavy atom. The fourth-order valence-corrected chi connectivity index (χ4v) is 1.03. The van der Waals surface area contributed by atoms with E-state index in [-0.39, 0.29) is 12.5 Å². The van der Waals surface area contributed by atoms with Gasteiger partial charge in [-0.3, -0.25) is 4.79 Å². The molecule has 0 radical (unpaired) electrons. The lowest BCUT2D eigenvalue weighted by molar-refractivity contribution is -0.118. The van der Waals surface area contributed by atoms with Gasteiger partial charge in [-0.05, 0) is 19.1 Å². The normalized spacial score (nSPS) is 9.13. The molecule has 1 aromatic rings. The number of hydrogen-bond donors (Lipinski definition) is 2. The van der Waals surface area contributed by atoms with Crippen molar-refractivity contribution in [2.75, 3.05) is 18.9 Å². The molecule has 78 valence electrons. The van der Waals surface area contributed by atoms with E-state index in [9.17, 15) is 4.79 Å². The SMILES string of the molecule is CNC(=O)CNc1nc(C)ccc1C#N. The van der Waals surface area contributed by atoms with Gasteiger partial charge in [0.15, 0.2) is 0 Å². The van der Waals surface area contributed by atoms with Crippen LogP contribution in [0.3, 0.4) is 0 Å². The number of aromatic nitrogens is 1. The van der Waals surface area contributed by atoms with E-state index >= 15 is 0 Å². The number of rotatable bonds is 3. The summed E-state index contributed by atoms with van der Waals surface area (Å²) in [7, 11) is 1.55. The molecule has 0 aliphatic carbocycles. The Kier molecular flexibility index (Phi) is 3.63. The molecule has 0 unspecified atom stereocenters. The molecule has 1 aromatic heterocycles. The largest absolute Gasteiger partial charge is 0.360 e. The van der Waals surface area contributed by atoms with Crippen LogP contribution in [-0.2, 0) is 4.79 Å². The summed E-state index contributed by atoms with van der Waals surface area (Å²) in [6.07, 6.45) is 0.